The SMILES string of the molecule is CC1=CCC[C@@]2(C)[C@@H](CC[C@@]2(O)CN(CCc2cccs2)C[C@@H](O)COCc2ccccc2)c2ccc(cc2C(=O)C2CCCCC2)C[C@@H](O)CC1. The van der Waals surface area contributed by atoms with E-state index in [1.54, 1.807) is 11.3 Å². The van der Waals surface area contributed by atoms with E-state index in [4.69, 9.17) is 4.74 Å². The van der Waals surface area contributed by atoms with Crippen LogP contribution in [0.4, 0.5) is 0 Å². The molecule has 2 bridgehead atoms. The molecule has 2 saturated carbocycles. The Morgan fingerprint density at radius 2 is 1.83 bits per heavy atom. The molecule has 0 aliphatic heterocycles. The lowest BCUT2D eigenvalue weighted by Gasteiger charge is -2.46. The summed E-state index contributed by atoms with van der Waals surface area (Å²) in [4.78, 5) is 18.0. The highest BCUT2D eigenvalue weighted by Crippen LogP contribution is 2.59. The van der Waals surface area contributed by atoms with Crippen molar-refractivity contribution in [3.05, 3.63) is 105 Å². The molecule has 1 aromatic heterocycles. The van der Waals surface area contributed by atoms with E-state index in [1.165, 1.54) is 16.9 Å². The largest absolute Gasteiger partial charge is 0.393 e. The first-order valence-corrected chi connectivity index (χ1v) is 20.8. The first kappa shape index (κ1) is 39.1. The molecule has 7 heteroatoms. The fourth-order valence-corrected chi connectivity index (χ4v) is 10.1. The molecule has 282 valence electrons. The first-order valence-electron chi connectivity index (χ1n) is 19.9. The molecule has 4 aliphatic rings. The van der Waals surface area contributed by atoms with Crippen LogP contribution in [-0.2, 0) is 24.2 Å². The Kier molecular flexibility index (Phi) is 13.6. The van der Waals surface area contributed by atoms with E-state index < -0.39 is 23.2 Å². The van der Waals surface area contributed by atoms with E-state index in [0.717, 1.165) is 86.6 Å². The number of aliphatic hydroxyl groups excluding tert-OH is 2. The number of carbonyl (C=O) groups excluding carboxylic acids is 1. The Morgan fingerprint density at radius 1 is 1.02 bits per heavy atom. The van der Waals surface area contributed by atoms with Crippen LogP contribution in [0.3, 0.4) is 0 Å². The monoisotopic (exact) mass is 727 g/mol. The topological polar surface area (TPSA) is 90.2 Å². The van der Waals surface area contributed by atoms with E-state index >= 15 is 0 Å². The van der Waals surface area contributed by atoms with Gasteiger partial charge in [0.05, 0.1) is 31.0 Å². The molecule has 0 spiro atoms. The van der Waals surface area contributed by atoms with Crippen molar-refractivity contribution in [1.29, 1.82) is 0 Å². The van der Waals surface area contributed by atoms with Gasteiger partial charge in [-0.15, -0.1) is 11.3 Å². The fraction of sp³-hybridized carbons (Fsp3) is 0.578. The van der Waals surface area contributed by atoms with Crippen molar-refractivity contribution in [3.8, 4) is 0 Å². The van der Waals surface area contributed by atoms with Gasteiger partial charge in [0, 0.05) is 41.4 Å². The van der Waals surface area contributed by atoms with Gasteiger partial charge in [0.1, 0.15) is 0 Å². The van der Waals surface area contributed by atoms with Crippen LogP contribution in [0.5, 0.6) is 0 Å². The molecule has 0 amide bonds. The van der Waals surface area contributed by atoms with Crippen LogP contribution in [0.1, 0.15) is 122 Å². The van der Waals surface area contributed by atoms with Gasteiger partial charge in [0.25, 0.3) is 0 Å². The minimum atomic E-state index is -1.03. The summed E-state index contributed by atoms with van der Waals surface area (Å²) in [5.74, 6) is 0.304. The van der Waals surface area contributed by atoms with Gasteiger partial charge < -0.3 is 20.1 Å². The average Bonchev–Trinajstić information content (AvgIpc) is 3.76. The van der Waals surface area contributed by atoms with Gasteiger partial charge in [-0.2, -0.15) is 0 Å². The van der Waals surface area contributed by atoms with Crippen molar-refractivity contribution in [3.63, 3.8) is 0 Å². The number of rotatable bonds is 13. The van der Waals surface area contributed by atoms with Crippen molar-refractivity contribution < 1.29 is 24.9 Å². The Hall–Kier alpha value is -2.65. The molecular weight excluding hydrogens is 667 g/mol. The molecule has 4 aliphatic carbocycles. The lowest BCUT2D eigenvalue weighted by atomic mass is 9.64. The molecule has 3 aromatic rings. The number of Topliss-reactive ketones (excluding diaryl/α,β-unsaturated/α-hetero) is 1. The van der Waals surface area contributed by atoms with Gasteiger partial charge in [-0.25, -0.2) is 0 Å². The Balaban J connectivity index is 1.29. The zero-order chi connectivity index (χ0) is 36.6. The first-order chi connectivity index (χ1) is 25.1. The van der Waals surface area contributed by atoms with E-state index in [1.807, 2.05) is 30.3 Å². The zero-order valence-electron chi connectivity index (χ0n) is 31.5. The molecule has 0 unspecified atom stereocenters. The van der Waals surface area contributed by atoms with Crippen LogP contribution in [0.2, 0.25) is 0 Å². The molecule has 1 heterocycles. The number of allylic oxidation sites excluding steroid dienone is 2. The predicted octanol–water partition coefficient (Wildman–Crippen LogP) is 8.67. The van der Waals surface area contributed by atoms with Crippen LogP contribution in [0.25, 0.3) is 0 Å². The van der Waals surface area contributed by atoms with Crippen molar-refractivity contribution in [1.82, 2.24) is 4.90 Å². The molecular formula is C45H61NO5S. The van der Waals surface area contributed by atoms with Crippen molar-refractivity contribution in [2.24, 2.45) is 11.3 Å². The van der Waals surface area contributed by atoms with Crippen LogP contribution in [-0.4, -0.2) is 70.1 Å². The molecule has 3 N–H and O–H groups in total. The summed E-state index contributed by atoms with van der Waals surface area (Å²) in [6.07, 6.45) is 12.4. The summed E-state index contributed by atoms with van der Waals surface area (Å²) in [7, 11) is 0. The standard InChI is InChI=1S/C45H61NO5S/c1-33-11-9-23-44(2)42(40-20-18-35(27-37(47)19-17-33)28-41(40)43(49)36-14-7-4-8-15-36)21-24-45(44,50)32-46(25-22-39-16-10-26-52-39)29-38(48)31-51-30-34-12-5-3-6-13-34/h3,5-6,10-13,16,18,20,26,28,36-38,42,47-48,50H,4,7-9,14-15,17,19,21-25,27,29-32H2,1-2H3/t37-,38+,42-,44-,45+/m0/s1. The second-order valence-electron chi connectivity index (χ2n) is 16.4. The lowest BCUT2D eigenvalue weighted by Crippen LogP contribution is -2.54. The quantitative estimate of drug-likeness (QED) is 0.121. The number of carbonyl (C=O) groups is 1. The highest BCUT2D eigenvalue weighted by molar-refractivity contribution is 7.09. The van der Waals surface area contributed by atoms with Crippen LogP contribution in [0, 0.1) is 11.3 Å². The number of fused-ring (bicyclic) bond motifs is 8. The van der Waals surface area contributed by atoms with Crippen molar-refractivity contribution in [2.45, 2.75) is 128 Å². The van der Waals surface area contributed by atoms with Gasteiger partial charge >= 0.3 is 0 Å². The molecule has 52 heavy (non-hydrogen) atoms. The molecule has 5 atom stereocenters. The zero-order valence-corrected chi connectivity index (χ0v) is 32.3. The van der Waals surface area contributed by atoms with E-state index in [-0.39, 0.29) is 24.2 Å². The normalized spacial score (nSPS) is 26.5. The highest BCUT2D eigenvalue weighted by Gasteiger charge is 2.57. The van der Waals surface area contributed by atoms with Gasteiger partial charge in [-0.1, -0.05) is 86.4 Å². The van der Waals surface area contributed by atoms with E-state index in [0.29, 0.717) is 39.0 Å². The van der Waals surface area contributed by atoms with Crippen LogP contribution >= 0.6 is 11.3 Å². The molecule has 2 aromatic carbocycles. The number of ketones is 1. The Bertz CT molecular complexity index is 1600. The smallest absolute Gasteiger partial charge is 0.166 e. The lowest BCUT2D eigenvalue weighted by molar-refractivity contribution is -0.0905. The molecule has 2 fully saturated rings. The maximum Gasteiger partial charge on any atom is 0.166 e. The summed E-state index contributed by atoms with van der Waals surface area (Å²) in [6.45, 7) is 6.67. The summed E-state index contributed by atoms with van der Waals surface area (Å²) in [5, 5.41) is 37.4. The number of hydrogen-bond acceptors (Lipinski definition) is 7. The summed E-state index contributed by atoms with van der Waals surface area (Å²) < 4.78 is 5.95. The molecule has 0 saturated heterocycles. The second kappa shape index (κ2) is 18.1. The number of nitrogens with zero attached hydrogens (tertiary/aromatic N) is 1. The average molecular weight is 728 g/mol. The second-order valence-corrected chi connectivity index (χ2v) is 17.4. The highest BCUT2D eigenvalue weighted by atomic mass is 32.1. The molecule has 0 radical (unpaired) electrons. The maximum absolute atomic E-state index is 14.4. The van der Waals surface area contributed by atoms with Crippen molar-refractivity contribution >= 4 is 17.1 Å². The molecule has 7 rings (SSSR count). The summed E-state index contributed by atoms with van der Waals surface area (Å²) in [5.41, 5.74) is 3.73. The number of hydrogen-bond donors (Lipinski definition) is 3. The van der Waals surface area contributed by atoms with Gasteiger partial charge in [0.15, 0.2) is 5.78 Å². The van der Waals surface area contributed by atoms with Gasteiger partial charge in [0.2, 0.25) is 0 Å². The Morgan fingerprint density at radius 3 is 2.60 bits per heavy atom. The molecule has 6 nitrogen and oxygen atoms in total. The third-order valence-electron chi connectivity index (χ3n) is 12.5. The minimum absolute atomic E-state index is 0.00827. The van der Waals surface area contributed by atoms with Gasteiger partial charge in [-0.05, 0) is 111 Å². The number of aliphatic hydroxyl groups is 3. The fourth-order valence-electron chi connectivity index (χ4n) is 9.36. The maximum atomic E-state index is 14.4. The van der Waals surface area contributed by atoms with E-state index in [9.17, 15) is 20.1 Å². The summed E-state index contributed by atoms with van der Waals surface area (Å²) >= 11 is 1.74. The van der Waals surface area contributed by atoms with Crippen LogP contribution < -0.4 is 0 Å². The number of ether oxygens (including phenoxy) is 1. The van der Waals surface area contributed by atoms with Gasteiger partial charge in [-0.3, -0.25) is 9.69 Å². The third kappa shape index (κ3) is 9.71. The number of benzene rings is 2. The van der Waals surface area contributed by atoms with Crippen molar-refractivity contribution in [2.75, 3.05) is 26.2 Å². The Labute approximate surface area is 315 Å². The van der Waals surface area contributed by atoms with E-state index in [2.05, 4.69) is 60.5 Å². The minimum Gasteiger partial charge on any atom is -0.393 e. The number of thiophene rings is 1. The predicted molar refractivity (Wildman–Crippen MR) is 211 cm³/mol. The third-order valence-corrected chi connectivity index (χ3v) is 13.5. The summed E-state index contributed by atoms with van der Waals surface area (Å²) in [6, 6.07) is 20.7. The van der Waals surface area contributed by atoms with Crippen LogP contribution in [0.15, 0.2) is 77.7 Å².